The molecule has 0 saturated carbocycles. The van der Waals surface area contributed by atoms with Gasteiger partial charge in [0.1, 0.15) is 11.6 Å². The Hall–Kier alpha value is -1.65. The Kier molecular flexibility index (Phi) is 3.03. The van der Waals surface area contributed by atoms with Crippen LogP contribution in [0.2, 0.25) is 0 Å². The highest BCUT2D eigenvalue weighted by Crippen LogP contribution is 2.11. The predicted molar refractivity (Wildman–Crippen MR) is 61.2 cm³/mol. The second-order valence-corrected chi connectivity index (χ2v) is 4.13. The van der Waals surface area contributed by atoms with Gasteiger partial charge in [0.05, 0.1) is 0 Å². The molecule has 1 unspecified atom stereocenters. The van der Waals surface area contributed by atoms with Gasteiger partial charge in [-0.25, -0.2) is 9.97 Å². The zero-order chi connectivity index (χ0) is 11.5. The highest BCUT2D eigenvalue weighted by Gasteiger charge is 2.17. The Bertz CT molecular complexity index is 375. The second-order valence-electron chi connectivity index (χ2n) is 4.13. The molecule has 2 rings (SSSR count). The van der Waals surface area contributed by atoms with E-state index in [0.29, 0.717) is 13.0 Å². The number of nitrogens with one attached hydrogen (secondary N) is 2. The van der Waals surface area contributed by atoms with Crippen LogP contribution in [-0.4, -0.2) is 28.5 Å². The van der Waals surface area contributed by atoms with Gasteiger partial charge in [0.25, 0.3) is 0 Å². The first kappa shape index (κ1) is 10.9. The van der Waals surface area contributed by atoms with Gasteiger partial charge in [-0.2, -0.15) is 0 Å². The van der Waals surface area contributed by atoms with Crippen molar-refractivity contribution in [3.8, 4) is 0 Å². The van der Waals surface area contributed by atoms with Crippen LogP contribution in [0.1, 0.15) is 24.4 Å². The maximum atomic E-state index is 11.0. The number of hydrogen-bond donors (Lipinski definition) is 2. The molecule has 5 nitrogen and oxygen atoms in total. The van der Waals surface area contributed by atoms with Gasteiger partial charge in [0.2, 0.25) is 5.91 Å². The van der Waals surface area contributed by atoms with Gasteiger partial charge in [-0.1, -0.05) is 0 Å². The third-order valence-corrected chi connectivity index (χ3v) is 2.58. The van der Waals surface area contributed by atoms with E-state index < -0.39 is 0 Å². The summed E-state index contributed by atoms with van der Waals surface area (Å²) in [7, 11) is 0. The number of hydrogen-bond acceptors (Lipinski definition) is 4. The zero-order valence-corrected chi connectivity index (χ0v) is 9.58. The quantitative estimate of drug-likeness (QED) is 0.773. The van der Waals surface area contributed by atoms with Crippen LogP contribution < -0.4 is 10.6 Å². The monoisotopic (exact) mass is 220 g/mol. The second kappa shape index (κ2) is 4.47. The summed E-state index contributed by atoms with van der Waals surface area (Å²) in [6.45, 7) is 4.49. The van der Waals surface area contributed by atoms with E-state index in [1.165, 1.54) is 0 Å². The number of piperidine rings is 1. The first-order chi connectivity index (χ1) is 7.63. The Labute approximate surface area is 94.7 Å². The van der Waals surface area contributed by atoms with Gasteiger partial charge in [-0.05, 0) is 20.3 Å². The molecule has 1 aliphatic rings. The highest BCUT2D eigenvalue weighted by molar-refractivity contribution is 5.76. The van der Waals surface area contributed by atoms with E-state index in [-0.39, 0.29) is 11.9 Å². The highest BCUT2D eigenvalue weighted by atomic mass is 16.1. The summed E-state index contributed by atoms with van der Waals surface area (Å²) in [6.07, 6.45) is 1.44. The lowest BCUT2D eigenvalue weighted by Gasteiger charge is -2.24. The average molecular weight is 220 g/mol. The molecule has 1 aliphatic heterocycles. The van der Waals surface area contributed by atoms with E-state index >= 15 is 0 Å². The van der Waals surface area contributed by atoms with Crippen LogP contribution in [0, 0.1) is 13.8 Å². The van der Waals surface area contributed by atoms with Crippen molar-refractivity contribution in [2.24, 2.45) is 0 Å². The number of anilines is 1. The SMILES string of the molecule is Cc1cc(NC2CCC(=O)NC2)nc(C)n1. The van der Waals surface area contributed by atoms with Crippen LogP contribution in [0.25, 0.3) is 0 Å². The van der Waals surface area contributed by atoms with Gasteiger partial charge < -0.3 is 10.6 Å². The van der Waals surface area contributed by atoms with Gasteiger partial charge in [-0.3, -0.25) is 4.79 Å². The molecule has 1 aromatic rings. The minimum atomic E-state index is 0.132. The van der Waals surface area contributed by atoms with E-state index in [9.17, 15) is 4.79 Å². The van der Waals surface area contributed by atoms with Crippen molar-refractivity contribution >= 4 is 11.7 Å². The summed E-state index contributed by atoms with van der Waals surface area (Å²) in [5, 5.41) is 6.15. The molecule has 1 amide bonds. The van der Waals surface area contributed by atoms with E-state index in [4.69, 9.17) is 0 Å². The summed E-state index contributed by atoms with van der Waals surface area (Å²) in [4.78, 5) is 19.5. The van der Waals surface area contributed by atoms with Crippen LogP contribution in [0.5, 0.6) is 0 Å². The Morgan fingerprint density at radius 1 is 1.44 bits per heavy atom. The molecular weight excluding hydrogens is 204 g/mol. The Morgan fingerprint density at radius 2 is 2.25 bits per heavy atom. The maximum Gasteiger partial charge on any atom is 0.220 e. The van der Waals surface area contributed by atoms with E-state index in [1.807, 2.05) is 19.9 Å². The predicted octanol–water partition coefficient (Wildman–Crippen LogP) is 0.784. The first-order valence-corrected chi connectivity index (χ1v) is 5.49. The normalized spacial score (nSPS) is 20.4. The Balaban J connectivity index is 2.00. The van der Waals surface area contributed by atoms with Crippen molar-refractivity contribution in [1.29, 1.82) is 0 Å². The van der Waals surface area contributed by atoms with Crippen LogP contribution in [0.4, 0.5) is 5.82 Å². The first-order valence-electron chi connectivity index (χ1n) is 5.49. The Morgan fingerprint density at radius 3 is 2.88 bits per heavy atom. The van der Waals surface area contributed by atoms with Crippen molar-refractivity contribution in [3.05, 3.63) is 17.6 Å². The van der Waals surface area contributed by atoms with E-state index in [0.717, 1.165) is 23.8 Å². The van der Waals surface area contributed by atoms with E-state index in [2.05, 4.69) is 20.6 Å². The molecule has 0 aromatic carbocycles. The fourth-order valence-electron chi connectivity index (χ4n) is 1.86. The molecule has 0 radical (unpaired) electrons. The van der Waals surface area contributed by atoms with Crippen molar-refractivity contribution in [2.75, 3.05) is 11.9 Å². The molecule has 1 fully saturated rings. The molecule has 0 bridgehead atoms. The average Bonchev–Trinajstić information content (AvgIpc) is 2.20. The lowest BCUT2D eigenvalue weighted by Crippen LogP contribution is -2.42. The molecule has 1 aromatic heterocycles. The van der Waals surface area contributed by atoms with Crippen LogP contribution in [0.15, 0.2) is 6.07 Å². The van der Waals surface area contributed by atoms with Crippen LogP contribution >= 0.6 is 0 Å². The summed E-state index contributed by atoms with van der Waals surface area (Å²) in [6, 6.07) is 2.19. The van der Waals surface area contributed by atoms with E-state index in [1.54, 1.807) is 0 Å². The van der Waals surface area contributed by atoms with Crippen LogP contribution in [0.3, 0.4) is 0 Å². The molecule has 2 heterocycles. The molecule has 1 saturated heterocycles. The molecule has 16 heavy (non-hydrogen) atoms. The summed E-state index contributed by atoms with van der Waals surface area (Å²) in [5.74, 6) is 1.74. The van der Waals surface area contributed by atoms with Gasteiger partial charge in [0, 0.05) is 30.8 Å². The molecular formula is C11H16N4O. The molecule has 5 heteroatoms. The number of aromatic nitrogens is 2. The molecule has 0 spiro atoms. The number of carbonyl (C=O) groups is 1. The molecule has 1 atom stereocenters. The van der Waals surface area contributed by atoms with Crippen molar-refractivity contribution in [2.45, 2.75) is 32.7 Å². The minimum absolute atomic E-state index is 0.132. The lowest BCUT2D eigenvalue weighted by atomic mass is 10.1. The number of rotatable bonds is 2. The summed E-state index contributed by atoms with van der Waals surface area (Å²) >= 11 is 0. The van der Waals surface area contributed by atoms with Gasteiger partial charge >= 0.3 is 0 Å². The number of carbonyl (C=O) groups excluding carboxylic acids is 1. The number of nitrogens with zero attached hydrogens (tertiary/aromatic N) is 2. The third-order valence-electron chi connectivity index (χ3n) is 2.58. The van der Waals surface area contributed by atoms with Crippen LogP contribution in [-0.2, 0) is 4.79 Å². The largest absolute Gasteiger partial charge is 0.365 e. The molecule has 86 valence electrons. The number of amides is 1. The fourth-order valence-corrected chi connectivity index (χ4v) is 1.86. The van der Waals surface area contributed by atoms with Gasteiger partial charge in [0.15, 0.2) is 0 Å². The minimum Gasteiger partial charge on any atom is -0.365 e. The molecule has 0 aliphatic carbocycles. The maximum absolute atomic E-state index is 11.0. The summed E-state index contributed by atoms with van der Waals surface area (Å²) in [5.41, 5.74) is 0.954. The summed E-state index contributed by atoms with van der Waals surface area (Å²) < 4.78 is 0. The zero-order valence-electron chi connectivity index (χ0n) is 9.58. The third kappa shape index (κ3) is 2.68. The van der Waals surface area contributed by atoms with Crippen molar-refractivity contribution < 1.29 is 4.79 Å². The van der Waals surface area contributed by atoms with Gasteiger partial charge in [-0.15, -0.1) is 0 Å². The van der Waals surface area contributed by atoms with Crippen molar-refractivity contribution in [1.82, 2.24) is 15.3 Å². The topological polar surface area (TPSA) is 66.9 Å². The fraction of sp³-hybridized carbons (Fsp3) is 0.545. The van der Waals surface area contributed by atoms with Crippen molar-refractivity contribution in [3.63, 3.8) is 0 Å². The molecule has 2 N–H and O–H groups in total. The standard InChI is InChI=1S/C11H16N4O/c1-7-5-10(14-8(2)13-7)15-9-3-4-11(16)12-6-9/h5,9H,3-4,6H2,1-2H3,(H,12,16)(H,13,14,15). The number of aryl methyl sites for hydroxylation is 2. The smallest absolute Gasteiger partial charge is 0.220 e. The lowest BCUT2D eigenvalue weighted by molar-refractivity contribution is -0.122.